The van der Waals surface area contributed by atoms with E-state index in [2.05, 4.69) is 25.4 Å². The number of anilines is 1. The zero-order chi connectivity index (χ0) is 13.0. The smallest absolute Gasteiger partial charge is 0.358 e. The van der Waals surface area contributed by atoms with Crippen LogP contribution in [-0.4, -0.2) is 37.7 Å². The minimum atomic E-state index is -1.12. The van der Waals surface area contributed by atoms with Crippen LogP contribution in [0.15, 0.2) is 16.9 Å². The summed E-state index contributed by atoms with van der Waals surface area (Å²) in [5.74, 6) is 0.155. The van der Waals surface area contributed by atoms with Gasteiger partial charge >= 0.3 is 5.97 Å². The Balaban J connectivity index is 1.96. The molecule has 0 saturated carbocycles. The largest absolute Gasteiger partial charge is 0.476 e. The molecule has 0 aliphatic rings. The van der Waals surface area contributed by atoms with Crippen molar-refractivity contribution in [1.82, 2.24) is 20.1 Å². The third-order valence-electron chi connectivity index (χ3n) is 2.11. The topological polar surface area (TPSA) is 114 Å². The maximum atomic E-state index is 10.9. The van der Waals surface area contributed by atoms with Gasteiger partial charge in [0.2, 0.25) is 5.89 Å². The Hall–Kier alpha value is -2.51. The molecular formula is C10H11N5O3. The third kappa shape index (κ3) is 2.78. The molecule has 0 unspecified atom stereocenters. The number of nitrogens with one attached hydrogen (secondary N) is 1. The number of rotatable bonds is 5. The van der Waals surface area contributed by atoms with Crippen LogP contribution in [0.3, 0.4) is 0 Å². The second kappa shape index (κ2) is 5.21. The lowest BCUT2D eigenvalue weighted by atomic mass is 10.3. The summed E-state index contributed by atoms with van der Waals surface area (Å²) < 4.78 is 4.82. The van der Waals surface area contributed by atoms with Gasteiger partial charge in [0.25, 0.3) is 0 Å². The Labute approximate surface area is 102 Å². The van der Waals surface area contributed by atoms with Crippen molar-refractivity contribution in [1.29, 1.82) is 0 Å². The van der Waals surface area contributed by atoms with Gasteiger partial charge in [-0.05, 0) is 0 Å². The van der Waals surface area contributed by atoms with E-state index in [1.807, 2.05) is 0 Å². The monoisotopic (exact) mass is 249 g/mol. The first-order chi connectivity index (χ1) is 8.66. The molecule has 2 heterocycles. The lowest BCUT2D eigenvalue weighted by Crippen LogP contribution is -2.13. The Morgan fingerprint density at radius 1 is 1.44 bits per heavy atom. The van der Waals surface area contributed by atoms with Crippen molar-refractivity contribution < 1.29 is 14.4 Å². The summed E-state index contributed by atoms with van der Waals surface area (Å²) in [4.78, 5) is 22.6. The third-order valence-corrected chi connectivity index (χ3v) is 2.11. The average molecular weight is 249 g/mol. The van der Waals surface area contributed by atoms with Crippen LogP contribution in [0.2, 0.25) is 0 Å². The second-order valence-electron chi connectivity index (χ2n) is 3.47. The highest BCUT2D eigenvalue weighted by Crippen LogP contribution is 2.07. The van der Waals surface area contributed by atoms with Crippen molar-refractivity contribution >= 4 is 11.8 Å². The molecule has 0 aliphatic carbocycles. The van der Waals surface area contributed by atoms with Gasteiger partial charge in [0, 0.05) is 32.3 Å². The summed E-state index contributed by atoms with van der Waals surface area (Å²) in [6.45, 7) is 2.15. The number of aromatic carboxylic acids is 1. The first-order valence-corrected chi connectivity index (χ1v) is 5.24. The molecule has 0 radical (unpaired) electrons. The Morgan fingerprint density at radius 3 is 2.89 bits per heavy atom. The summed E-state index contributed by atoms with van der Waals surface area (Å²) in [6.07, 6.45) is 3.26. The van der Waals surface area contributed by atoms with E-state index in [1.165, 1.54) is 12.4 Å². The second-order valence-corrected chi connectivity index (χ2v) is 3.47. The lowest BCUT2D eigenvalue weighted by molar-refractivity contribution is 0.0691. The van der Waals surface area contributed by atoms with Crippen LogP contribution >= 0.6 is 0 Å². The maximum absolute atomic E-state index is 10.9. The number of aromatic nitrogens is 4. The van der Waals surface area contributed by atoms with E-state index in [4.69, 9.17) is 9.63 Å². The van der Waals surface area contributed by atoms with Crippen molar-refractivity contribution in [2.45, 2.75) is 13.3 Å². The van der Waals surface area contributed by atoms with Crippen LogP contribution in [0.5, 0.6) is 0 Å². The van der Waals surface area contributed by atoms with Gasteiger partial charge < -0.3 is 14.9 Å². The number of carboxylic acid groups (broad SMARTS) is 1. The molecule has 8 heteroatoms. The van der Waals surface area contributed by atoms with Gasteiger partial charge in [-0.3, -0.25) is 0 Å². The van der Waals surface area contributed by atoms with Gasteiger partial charge in [0.15, 0.2) is 17.3 Å². The van der Waals surface area contributed by atoms with Crippen LogP contribution in [0.1, 0.15) is 22.2 Å². The number of hydrogen-bond donors (Lipinski definition) is 2. The zero-order valence-electron chi connectivity index (χ0n) is 9.62. The fourth-order valence-electron chi connectivity index (χ4n) is 1.36. The number of carboxylic acids is 1. The van der Waals surface area contributed by atoms with E-state index in [-0.39, 0.29) is 11.5 Å². The van der Waals surface area contributed by atoms with Crippen LogP contribution in [-0.2, 0) is 6.42 Å². The predicted molar refractivity (Wildman–Crippen MR) is 60.2 cm³/mol. The summed E-state index contributed by atoms with van der Waals surface area (Å²) in [6, 6.07) is 0. The summed E-state index contributed by atoms with van der Waals surface area (Å²) in [7, 11) is 0. The number of aryl methyl sites for hydroxylation is 1. The van der Waals surface area contributed by atoms with Crippen molar-refractivity contribution in [3.63, 3.8) is 0 Å². The average Bonchev–Trinajstić information content (AvgIpc) is 2.75. The summed E-state index contributed by atoms with van der Waals surface area (Å²) in [5, 5.41) is 15.5. The molecule has 0 aromatic carbocycles. The van der Waals surface area contributed by atoms with E-state index in [1.54, 1.807) is 6.92 Å². The van der Waals surface area contributed by atoms with E-state index in [0.717, 1.165) is 0 Å². The Morgan fingerprint density at radius 2 is 2.22 bits per heavy atom. The van der Waals surface area contributed by atoms with E-state index in [9.17, 15) is 4.79 Å². The molecule has 0 aliphatic heterocycles. The normalized spacial score (nSPS) is 10.3. The summed E-state index contributed by atoms with van der Waals surface area (Å²) in [5.41, 5.74) is -0.109. The molecule has 2 aromatic heterocycles. The minimum Gasteiger partial charge on any atom is -0.476 e. The fourth-order valence-corrected chi connectivity index (χ4v) is 1.36. The molecule has 18 heavy (non-hydrogen) atoms. The van der Waals surface area contributed by atoms with Crippen molar-refractivity contribution in [3.8, 4) is 0 Å². The van der Waals surface area contributed by atoms with Gasteiger partial charge in [0.1, 0.15) is 0 Å². The van der Waals surface area contributed by atoms with E-state index < -0.39 is 5.97 Å². The van der Waals surface area contributed by atoms with Crippen LogP contribution in [0.25, 0.3) is 0 Å². The van der Waals surface area contributed by atoms with E-state index in [0.29, 0.717) is 24.7 Å². The molecule has 0 atom stereocenters. The molecule has 2 rings (SSSR count). The van der Waals surface area contributed by atoms with Gasteiger partial charge in [-0.2, -0.15) is 4.98 Å². The first kappa shape index (κ1) is 12.0. The van der Waals surface area contributed by atoms with Gasteiger partial charge in [-0.25, -0.2) is 14.8 Å². The zero-order valence-corrected chi connectivity index (χ0v) is 9.62. The molecule has 0 spiro atoms. The molecule has 0 fully saturated rings. The SMILES string of the molecule is Cc1nc(CCNc2nccnc2C(=O)O)no1. The molecule has 8 nitrogen and oxygen atoms in total. The van der Waals surface area contributed by atoms with E-state index >= 15 is 0 Å². The van der Waals surface area contributed by atoms with Crippen molar-refractivity contribution in [3.05, 3.63) is 29.8 Å². The van der Waals surface area contributed by atoms with Crippen LogP contribution in [0, 0.1) is 6.92 Å². The first-order valence-electron chi connectivity index (χ1n) is 5.24. The molecule has 0 bridgehead atoms. The van der Waals surface area contributed by atoms with Crippen LogP contribution < -0.4 is 5.32 Å². The molecule has 2 aromatic rings. The van der Waals surface area contributed by atoms with Crippen LogP contribution in [0.4, 0.5) is 5.82 Å². The number of hydrogen-bond acceptors (Lipinski definition) is 7. The minimum absolute atomic E-state index is 0.109. The molecular weight excluding hydrogens is 238 g/mol. The number of carbonyl (C=O) groups is 1. The molecule has 0 saturated heterocycles. The van der Waals surface area contributed by atoms with Gasteiger partial charge in [-0.15, -0.1) is 0 Å². The predicted octanol–water partition coefficient (Wildman–Crippen LogP) is 0.521. The highest BCUT2D eigenvalue weighted by atomic mass is 16.5. The molecule has 0 amide bonds. The van der Waals surface area contributed by atoms with Gasteiger partial charge in [-0.1, -0.05) is 5.16 Å². The fraction of sp³-hybridized carbons (Fsp3) is 0.300. The van der Waals surface area contributed by atoms with Crippen molar-refractivity contribution in [2.75, 3.05) is 11.9 Å². The molecule has 94 valence electrons. The summed E-state index contributed by atoms with van der Waals surface area (Å²) >= 11 is 0. The number of nitrogens with zero attached hydrogens (tertiary/aromatic N) is 4. The highest BCUT2D eigenvalue weighted by Gasteiger charge is 2.12. The standard InChI is InChI=1S/C10H11N5O3/c1-6-14-7(15-18-6)2-3-12-9-8(10(16)17)11-4-5-13-9/h4-5H,2-3H2,1H3,(H,12,13)(H,16,17). The highest BCUT2D eigenvalue weighted by molar-refractivity contribution is 5.90. The lowest BCUT2D eigenvalue weighted by Gasteiger charge is -2.05. The quantitative estimate of drug-likeness (QED) is 0.788. The molecule has 2 N–H and O–H groups in total. The Kier molecular flexibility index (Phi) is 3.46. The van der Waals surface area contributed by atoms with Gasteiger partial charge in [0.05, 0.1) is 0 Å². The maximum Gasteiger partial charge on any atom is 0.358 e. The Bertz CT molecular complexity index is 554. The van der Waals surface area contributed by atoms with Crippen molar-refractivity contribution in [2.24, 2.45) is 0 Å².